The maximum Gasteiger partial charge on any atom is 0.247 e. The molecule has 5 nitrogen and oxygen atoms in total. The quantitative estimate of drug-likeness (QED) is 0.784. The number of benzene rings is 1. The molecule has 0 aliphatic rings. The van der Waals surface area contributed by atoms with Crippen LogP contribution >= 0.6 is 0 Å². The first-order valence-electron chi connectivity index (χ1n) is 6.04. The number of pyridine rings is 1. The number of aromatic nitrogens is 1. The summed E-state index contributed by atoms with van der Waals surface area (Å²) in [6.07, 6.45) is 3.27. The summed E-state index contributed by atoms with van der Waals surface area (Å²) in [5.41, 5.74) is 1.45. The van der Waals surface area contributed by atoms with Gasteiger partial charge in [-0.1, -0.05) is 12.1 Å². The molecule has 0 aliphatic heterocycles. The van der Waals surface area contributed by atoms with Crippen LogP contribution in [0.2, 0.25) is 0 Å². The van der Waals surface area contributed by atoms with Gasteiger partial charge < -0.3 is 14.5 Å². The second-order valence-corrected chi connectivity index (χ2v) is 4.13. The van der Waals surface area contributed by atoms with Crippen molar-refractivity contribution in [2.24, 2.45) is 0 Å². The van der Waals surface area contributed by atoms with E-state index in [0.29, 0.717) is 17.1 Å². The summed E-state index contributed by atoms with van der Waals surface area (Å²) in [5, 5.41) is 12.9. The lowest BCUT2D eigenvalue weighted by atomic mass is 10.2. The van der Waals surface area contributed by atoms with E-state index in [-0.39, 0.29) is 5.76 Å². The first kappa shape index (κ1) is 12.1. The summed E-state index contributed by atoms with van der Waals surface area (Å²) in [5.74, 6) is 1.11. The van der Waals surface area contributed by atoms with E-state index in [4.69, 9.17) is 14.4 Å². The zero-order valence-corrected chi connectivity index (χ0v) is 10.8. The van der Waals surface area contributed by atoms with E-state index in [9.17, 15) is 0 Å². The van der Waals surface area contributed by atoms with Crippen molar-refractivity contribution in [3.63, 3.8) is 0 Å². The van der Waals surface area contributed by atoms with Crippen molar-refractivity contribution in [1.29, 1.82) is 5.26 Å². The molecule has 2 heterocycles. The SMILES string of the molecule is CNc1cncc(Oc2c(C#N)oc3ccccc23)c1. The lowest BCUT2D eigenvalue weighted by molar-refractivity contribution is 0.465. The summed E-state index contributed by atoms with van der Waals surface area (Å²) in [4.78, 5) is 4.07. The van der Waals surface area contributed by atoms with Crippen LogP contribution in [0.4, 0.5) is 5.69 Å². The molecule has 3 aromatic rings. The first-order chi connectivity index (χ1) is 9.81. The van der Waals surface area contributed by atoms with Crippen LogP contribution in [-0.2, 0) is 0 Å². The van der Waals surface area contributed by atoms with Gasteiger partial charge in [0.2, 0.25) is 5.76 Å². The number of nitrogens with zero attached hydrogens (tertiary/aromatic N) is 2. The second-order valence-electron chi connectivity index (χ2n) is 4.13. The molecule has 1 N–H and O–H groups in total. The van der Waals surface area contributed by atoms with Gasteiger partial charge in [0.25, 0.3) is 0 Å². The fraction of sp³-hybridized carbons (Fsp3) is 0.0667. The number of ether oxygens (including phenoxy) is 1. The number of para-hydroxylation sites is 1. The molecule has 0 atom stereocenters. The van der Waals surface area contributed by atoms with Crippen LogP contribution < -0.4 is 10.1 Å². The Morgan fingerprint density at radius 1 is 1.30 bits per heavy atom. The average Bonchev–Trinajstić information content (AvgIpc) is 2.85. The fourth-order valence-corrected chi connectivity index (χ4v) is 1.93. The Labute approximate surface area is 115 Å². The lowest BCUT2D eigenvalue weighted by Crippen LogP contribution is -1.91. The molecule has 0 radical (unpaired) electrons. The highest BCUT2D eigenvalue weighted by Gasteiger charge is 2.16. The van der Waals surface area contributed by atoms with E-state index in [1.807, 2.05) is 24.3 Å². The molecule has 0 fully saturated rings. The molecule has 2 aromatic heterocycles. The Morgan fingerprint density at radius 3 is 2.95 bits per heavy atom. The summed E-state index contributed by atoms with van der Waals surface area (Å²) in [6.45, 7) is 0. The number of fused-ring (bicyclic) bond motifs is 1. The topological polar surface area (TPSA) is 71.1 Å². The predicted octanol–water partition coefficient (Wildman–Crippen LogP) is 3.53. The smallest absolute Gasteiger partial charge is 0.247 e. The van der Waals surface area contributed by atoms with Crippen molar-refractivity contribution in [2.45, 2.75) is 0 Å². The molecular formula is C15H11N3O2. The highest BCUT2D eigenvalue weighted by molar-refractivity contribution is 5.86. The molecule has 0 unspecified atom stereocenters. The number of rotatable bonds is 3. The summed E-state index contributed by atoms with van der Waals surface area (Å²) in [7, 11) is 1.80. The number of hydrogen-bond acceptors (Lipinski definition) is 5. The number of nitriles is 1. The summed E-state index contributed by atoms with van der Waals surface area (Å²) in [6, 6.07) is 11.2. The summed E-state index contributed by atoms with van der Waals surface area (Å²) < 4.78 is 11.2. The minimum Gasteiger partial charge on any atom is -0.450 e. The zero-order chi connectivity index (χ0) is 13.9. The molecule has 0 bridgehead atoms. The van der Waals surface area contributed by atoms with Gasteiger partial charge in [-0.3, -0.25) is 4.98 Å². The van der Waals surface area contributed by atoms with Crippen molar-refractivity contribution in [3.05, 3.63) is 48.5 Å². The minimum atomic E-state index is 0.154. The van der Waals surface area contributed by atoms with Crippen LogP contribution in [0.3, 0.4) is 0 Å². The lowest BCUT2D eigenvalue weighted by Gasteiger charge is -2.05. The maximum atomic E-state index is 9.15. The Hall–Kier alpha value is -3.00. The van der Waals surface area contributed by atoms with E-state index in [1.54, 1.807) is 31.6 Å². The average molecular weight is 265 g/mol. The van der Waals surface area contributed by atoms with Crippen molar-refractivity contribution >= 4 is 16.7 Å². The highest BCUT2D eigenvalue weighted by atomic mass is 16.5. The normalized spacial score (nSPS) is 10.2. The predicted molar refractivity (Wildman–Crippen MR) is 74.8 cm³/mol. The van der Waals surface area contributed by atoms with E-state index >= 15 is 0 Å². The largest absolute Gasteiger partial charge is 0.450 e. The Morgan fingerprint density at radius 2 is 2.15 bits per heavy atom. The molecule has 20 heavy (non-hydrogen) atoms. The van der Waals surface area contributed by atoms with E-state index in [2.05, 4.69) is 10.3 Å². The third kappa shape index (κ3) is 2.04. The van der Waals surface area contributed by atoms with Crippen LogP contribution in [0, 0.1) is 11.3 Å². The number of hydrogen-bond donors (Lipinski definition) is 1. The van der Waals surface area contributed by atoms with Crippen molar-refractivity contribution < 1.29 is 9.15 Å². The molecule has 5 heteroatoms. The van der Waals surface area contributed by atoms with Crippen molar-refractivity contribution in [1.82, 2.24) is 4.98 Å². The summed E-state index contributed by atoms with van der Waals surface area (Å²) >= 11 is 0. The van der Waals surface area contributed by atoms with Crippen LogP contribution in [-0.4, -0.2) is 12.0 Å². The minimum absolute atomic E-state index is 0.154. The Balaban J connectivity index is 2.07. The van der Waals surface area contributed by atoms with Crippen LogP contribution in [0.1, 0.15) is 5.76 Å². The van der Waals surface area contributed by atoms with Gasteiger partial charge in [-0.2, -0.15) is 5.26 Å². The molecule has 0 saturated heterocycles. The molecule has 0 spiro atoms. The van der Waals surface area contributed by atoms with E-state index in [0.717, 1.165) is 11.1 Å². The molecular weight excluding hydrogens is 254 g/mol. The molecule has 0 saturated carbocycles. The molecule has 0 amide bonds. The van der Waals surface area contributed by atoms with E-state index < -0.39 is 0 Å². The van der Waals surface area contributed by atoms with Gasteiger partial charge in [0.05, 0.1) is 23.5 Å². The molecule has 98 valence electrons. The monoisotopic (exact) mass is 265 g/mol. The van der Waals surface area contributed by atoms with Gasteiger partial charge in [-0.15, -0.1) is 0 Å². The molecule has 1 aromatic carbocycles. The molecule has 3 rings (SSSR count). The zero-order valence-electron chi connectivity index (χ0n) is 10.8. The van der Waals surface area contributed by atoms with Crippen molar-refractivity contribution in [3.8, 4) is 17.6 Å². The van der Waals surface area contributed by atoms with Gasteiger partial charge in [-0.05, 0) is 12.1 Å². The van der Waals surface area contributed by atoms with Crippen molar-refractivity contribution in [2.75, 3.05) is 12.4 Å². The highest BCUT2D eigenvalue weighted by Crippen LogP contribution is 2.35. The van der Waals surface area contributed by atoms with Gasteiger partial charge in [0.15, 0.2) is 5.75 Å². The molecule has 0 aliphatic carbocycles. The Kier molecular flexibility index (Phi) is 2.98. The number of anilines is 1. The van der Waals surface area contributed by atoms with Gasteiger partial charge >= 0.3 is 0 Å². The fourth-order valence-electron chi connectivity index (χ4n) is 1.93. The number of furan rings is 1. The standard InChI is InChI=1S/C15H11N3O2/c1-17-10-6-11(9-18-8-10)19-15-12-4-2-3-5-13(12)20-14(15)7-16/h2-6,8-9,17H,1H3. The van der Waals surface area contributed by atoms with Crippen LogP contribution in [0.25, 0.3) is 11.0 Å². The third-order valence-electron chi connectivity index (χ3n) is 2.87. The second kappa shape index (κ2) is 4.94. The van der Waals surface area contributed by atoms with Gasteiger partial charge in [0.1, 0.15) is 17.4 Å². The third-order valence-corrected chi connectivity index (χ3v) is 2.87. The first-order valence-corrected chi connectivity index (χ1v) is 6.04. The van der Waals surface area contributed by atoms with Gasteiger partial charge in [-0.25, -0.2) is 0 Å². The van der Waals surface area contributed by atoms with Crippen LogP contribution in [0.15, 0.2) is 47.1 Å². The van der Waals surface area contributed by atoms with Crippen LogP contribution in [0.5, 0.6) is 11.5 Å². The number of nitrogens with one attached hydrogen (secondary N) is 1. The maximum absolute atomic E-state index is 9.15. The Bertz CT molecular complexity index is 802. The van der Waals surface area contributed by atoms with E-state index in [1.165, 1.54) is 0 Å². The van der Waals surface area contributed by atoms with Gasteiger partial charge in [0, 0.05) is 13.1 Å².